The number of anilines is 1. The summed E-state index contributed by atoms with van der Waals surface area (Å²) in [7, 11) is 1.65. The summed E-state index contributed by atoms with van der Waals surface area (Å²) in [5.41, 5.74) is 1.73. The first kappa shape index (κ1) is 20.2. The molecule has 0 spiro atoms. The first-order valence-electron chi connectivity index (χ1n) is 7.22. The summed E-state index contributed by atoms with van der Waals surface area (Å²) in [5.74, 6) is 0.394. The van der Waals surface area contributed by atoms with Crippen molar-refractivity contribution in [1.82, 2.24) is 10.6 Å². The Hall–Kier alpha value is -1.80. The molecule has 128 valence electrons. The van der Waals surface area contributed by atoms with Crippen molar-refractivity contribution in [3.05, 3.63) is 65.2 Å². The molecule has 0 aliphatic rings. The summed E-state index contributed by atoms with van der Waals surface area (Å²) in [6, 6.07) is 16.9. The number of hydrogen-bond donors (Lipinski definition) is 3. The number of nitrogens with one attached hydrogen (secondary N) is 3. The van der Waals surface area contributed by atoms with E-state index >= 15 is 0 Å². The van der Waals surface area contributed by atoms with Crippen LogP contribution in [0.3, 0.4) is 0 Å². The fourth-order valence-electron chi connectivity index (χ4n) is 1.93. The summed E-state index contributed by atoms with van der Waals surface area (Å²) in [6.45, 7) is 0.650. The van der Waals surface area contributed by atoms with Crippen LogP contribution in [0.15, 0.2) is 59.6 Å². The second kappa shape index (κ2) is 10.9. The highest BCUT2D eigenvalue weighted by molar-refractivity contribution is 14.0. The lowest BCUT2D eigenvalue weighted by Crippen LogP contribution is -2.41. The molecule has 0 saturated heterocycles. The Morgan fingerprint density at radius 3 is 2.38 bits per heavy atom. The zero-order valence-corrected chi connectivity index (χ0v) is 16.3. The SMILES string of the molecule is CN=C(NCC(=O)Nc1ccccc1)NCc1ccccc1Cl.I. The highest BCUT2D eigenvalue weighted by Gasteiger charge is 2.05. The molecular formula is C17H20ClIN4O. The van der Waals surface area contributed by atoms with Gasteiger partial charge in [-0.15, -0.1) is 24.0 Å². The molecule has 0 saturated carbocycles. The van der Waals surface area contributed by atoms with Gasteiger partial charge in [0.1, 0.15) is 0 Å². The van der Waals surface area contributed by atoms with Gasteiger partial charge in [0.05, 0.1) is 6.54 Å². The second-order valence-electron chi connectivity index (χ2n) is 4.78. The number of rotatable bonds is 5. The van der Waals surface area contributed by atoms with E-state index in [0.29, 0.717) is 17.5 Å². The third-order valence-corrected chi connectivity index (χ3v) is 3.47. The highest BCUT2D eigenvalue weighted by Crippen LogP contribution is 2.14. The standard InChI is InChI=1S/C17H19ClN4O.HI/c1-19-17(20-11-13-7-5-6-10-15(13)18)21-12-16(23)22-14-8-3-2-4-9-14;/h2-10H,11-12H2,1H3,(H,22,23)(H2,19,20,21);1H. The van der Waals surface area contributed by atoms with Gasteiger partial charge in [0.25, 0.3) is 0 Å². The van der Waals surface area contributed by atoms with Crippen molar-refractivity contribution in [3.8, 4) is 0 Å². The van der Waals surface area contributed by atoms with Crippen molar-refractivity contribution in [3.63, 3.8) is 0 Å². The van der Waals surface area contributed by atoms with Crippen LogP contribution >= 0.6 is 35.6 Å². The van der Waals surface area contributed by atoms with Gasteiger partial charge in [0.2, 0.25) is 5.91 Å². The molecule has 0 fully saturated rings. The number of guanidine groups is 1. The Morgan fingerprint density at radius 1 is 1.04 bits per heavy atom. The fourth-order valence-corrected chi connectivity index (χ4v) is 2.13. The van der Waals surface area contributed by atoms with E-state index in [0.717, 1.165) is 11.3 Å². The zero-order valence-electron chi connectivity index (χ0n) is 13.3. The van der Waals surface area contributed by atoms with Gasteiger partial charge in [0.15, 0.2) is 5.96 Å². The number of carbonyl (C=O) groups is 1. The molecule has 7 heteroatoms. The minimum absolute atomic E-state index is 0. The van der Waals surface area contributed by atoms with Gasteiger partial charge in [-0.1, -0.05) is 48.0 Å². The largest absolute Gasteiger partial charge is 0.352 e. The average Bonchev–Trinajstić information content (AvgIpc) is 2.57. The molecule has 0 heterocycles. The van der Waals surface area contributed by atoms with Crippen LogP contribution in [0.1, 0.15) is 5.56 Å². The Morgan fingerprint density at radius 2 is 1.71 bits per heavy atom. The minimum atomic E-state index is -0.142. The van der Waals surface area contributed by atoms with Gasteiger partial charge in [0, 0.05) is 24.3 Å². The van der Waals surface area contributed by atoms with E-state index in [-0.39, 0.29) is 36.4 Å². The van der Waals surface area contributed by atoms with Crippen molar-refractivity contribution in [2.24, 2.45) is 4.99 Å². The maximum Gasteiger partial charge on any atom is 0.243 e. The van der Waals surface area contributed by atoms with Gasteiger partial charge >= 0.3 is 0 Å². The molecule has 2 aromatic carbocycles. The van der Waals surface area contributed by atoms with E-state index in [9.17, 15) is 4.79 Å². The number of benzene rings is 2. The molecule has 1 amide bonds. The normalized spacial score (nSPS) is 10.5. The van der Waals surface area contributed by atoms with Gasteiger partial charge in [-0.05, 0) is 23.8 Å². The topological polar surface area (TPSA) is 65.5 Å². The van der Waals surface area contributed by atoms with Crippen molar-refractivity contribution in [2.75, 3.05) is 18.9 Å². The summed E-state index contributed by atoms with van der Waals surface area (Å²) in [4.78, 5) is 16.0. The Kier molecular flexibility index (Phi) is 9.18. The predicted molar refractivity (Wildman–Crippen MR) is 110 cm³/mol. The van der Waals surface area contributed by atoms with Crippen molar-refractivity contribution in [2.45, 2.75) is 6.54 Å². The average molecular weight is 459 g/mol. The van der Waals surface area contributed by atoms with E-state index in [1.165, 1.54) is 0 Å². The van der Waals surface area contributed by atoms with Crippen LogP contribution in [0, 0.1) is 0 Å². The summed E-state index contributed by atoms with van der Waals surface area (Å²) >= 11 is 6.10. The first-order valence-corrected chi connectivity index (χ1v) is 7.59. The number of carbonyl (C=O) groups excluding carboxylic acids is 1. The highest BCUT2D eigenvalue weighted by atomic mass is 127. The smallest absolute Gasteiger partial charge is 0.243 e. The molecule has 24 heavy (non-hydrogen) atoms. The van der Waals surface area contributed by atoms with Gasteiger partial charge in [-0.25, -0.2) is 0 Å². The number of nitrogens with zero attached hydrogens (tertiary/aromatic N) is 1. The van der Waals surface area contributed by atoms with Crippen molar-refractivity contribution in [1.29, 1.82) is 0 Å². The molecule has 0 aliphatic carbocycles. The van der Waals surface area contributed by atoms with Gasteiger partial charge < -0.3 is 16.0 Å². The van der Waals surface area contributed by atoms with E-state index in [1.807, 2.05) is 54.6 Å². The maximum atomic E-state index is 11.9. The number of para-hydroxylation sites is 1. The molecule has 3 N–H and O–H groups in total. The molecule has 0 atom stereocenters. The lowest BCUT2D eigenvalue weighted by Gasteiger charge is -2.12. The van der Waals surface area contributed by atoms with Gasteiger partial charge in [-0.3, -0.25) is 9.79 Å². The Balaban J connectivity index is 0.00000288. The molecule has 2 aromatic rings. The summed E-state index contributed by atoms with van der Waals surface area (Å²) in [6.07, 6.45) is 0. The fraction of sp³-hybridized carbons (Fsp3) is 0.176. The van der Waals surface area contributed by atoms with Crippen LogP contribution in [-0.4, -0.2) is 25.5 Å². The number of hydrogen-bond acceptors (Lipinski definition) is 2. The van der Waals surface area contributed by atoms with E-state index in [2.05, 4.69) is 20.9 Å². The van der Waals surface area contributed by atoms with Crippen LogP contribution in [0.25, 0.3) is 0 Å². The third-order valence-electron chi connectivity index (χ3n) is 3.10. The van der Waals surface area contributed by atoms with E-state index in [1.54, 1.807) is 7.05 Å². The Bertz CT molecular complexity index is 679. The van der Waals surface area contributed by atoms with E-state index < -0.39 is 0 Å². The Labute approximate surface area is 163 Å². The zero-order chi connectivity index (χ0) is 16.5. The third kappa shape index (κ3) is 6.76. The lowest BCUT2D eigenvalue weighted by atomic mass is 10.2. The van der Waals surface area contributed by atoms with Crippen molar-refractivity contribution < 1.29 is 4.79 Å². The quantitative estimate of drug-likeness (QED) is 0.366. The van der Waals surface area contributed by atoms with Crippen LogP contribution < -0.4 is 16.0 Å². The van der Waals surface area contributed by atoms with Crippen LogP contribution in [-0.2, 0) is 11.3 Å². The lowest BCUT2D eigenvalue weighted by molar-refractivity contribution is -0.115. The number of amides is 1. The van der Waals surface area contributed by atoms with Crippen LogP contribution in [0.2, 0.25) is 5.02 Å². The van der Waals surface area contributed by atoms with Gasteiger partial charge in [-0.2, -0.15) is 0 Å². The number of halogens is 2. The molecule has 5 nitrogen and oxygen atoms in total. The second-order valence-corrected chi connectivity index (χ2v) is 5.19. The monoisotopic (exact) mass is 458 g/mol. The summed E-state index contributed by atoms with van der Waals surface area (Å²) < 4.78 is 0. The molecule has 0 radical (unpaired) electrons. The molecule has 2 rings (SSSR count). The van der Waals surface area contributed by atoms with Crippen molar-refractivity contribution >= 4 is 53.1 Å². The van der Waals surface area contributed by atoms with E-state index in [4.69, 9.17) is 11.6 Å². The minimum Gasteiger partial charge on any atom is -0.352 e. The first-order chi connectivity index (χ1) is 11.2. The molecule has 0 unspecified atom stereocenters. The van der Waals surface area contributed by atoms with Crippen LogP contribution in [0.4, 0.5) is 5.69 Å². The number of aliphatic imine (C=N–C) groups is 1. The molecule has 0 aliphatic heterocycles. The maximum absolute atomic E-state index is 11.9. The molecule has 0 aromatic heterocycles. The predicted octanol–water partition coefficient (Wildman–Crippen LogP) is 3.26. The molecule has 0 bridgehead atoms. The molecular weight excluding hydrogens is 439 g/mol. The summed E-state index contributed by atoms with van der Waals surface area (Å²) in [5, 5.41) is 9.57. The van der Waals surface area contributed by atoms with Crippen LogP contribution in [0.5, 0.6) is 0 Å².